The number of H-pyrrole nitrogens is 1. The molecule has 2 aliphatic heterocycles. The summed E-state index contributed by atoms with van der Waals surface area (Å²) in [6, 6.07) is 3.10. The van der Waals surface area contributed by atoms with Crippen molar-refractivity contribution in [1.29, 1.82) is 5.41 Å². The van der Waals surface area contributed by atoms with E-state index in [4.69, 9.17) is 24.6 Å². The van der Waals surface area contributed by atoms with Gasteiger partial charge >= 0.3 is 6.09 Å². The van der Waals surface area contributed by atoms with E-state index in [9.17, 15) is 9.59 Å². The van der Waals surface area contributed by atoms with Gasteiger partial charge in [0.2, 0.25) is 12.7 Å². The van der Waals surface area contributed by atoms with E-state index >= 15 is 0 Å². The fraction of sp³-hybridized carbons (Fsp3) is 0.519. The van der Waals surface area contributed by atoms with Crippen molar-refractivity contribution in [3.63, 3.8) is 0 Å². The number of carbonyl (C=O) groups excluding carboxylic acids is 2. The zero-order valence-electron chi connectivity index (χ0n) is 23.5. The van der Waals surface area contributed by atoms with Crippen LogP contribution >= 0.6 is 27.7 Å². The number of fused-ring (bicyclic) bond motifs is 2. The van der Waals surface area contributed by atoms with Gasteiger partial charge in [-0.05, 0) is 80.9 Å². The maximum atomic E-state index is 13.1. The summed E-state index contributed by atoms with van der Waals surface area (Å²) in [6.07, 6.45) is 3.77. The highest BCUT2D eigenvalue weighted by Crippen LogP contribution is 2.42. The first-order chi connectivity index (χ1) is 19.5. The summed E-state index contributed by atoms with van der Waals surface area (Å²) in [5, 5.41) is 11.6. The molecule has 2 aromatic heterocycles. The molecule has 14 heteroatoms. The van der Waals surface area contributed by atoms with Crippen LogP contribution in [0.5, 0.6) is 11.5 Å². The molecule has 0 bridgehead atoms. The number of hydrogen-bond donors (Lipinski definition) is 3. The number of aryl methyl sites for hydroxylation is 1. The van der Waals surface area contributed by atoms with Crippen LogP contribution < -0.4 is 20.3 Å². The average molecular weight is 649 g/mol. The topological polar surface area (TPSA) is 147 Å². The lowest BCUT2D eigenvalue weighted by atomic mass is 9.94. The maximum Gasteiger partial charge on any atom is 0.408 e. The van der Waals surface area contributed by atoms with Crippen molar-refractivity contribution >= 4 is 50.9 Å². The highest BCUT2D eigenvalue weighted by Gasteiger charge is 2.29. The molecule has 41 heavy (non-hydrogen) atoms. The lowest BCUT2D eigenvalue weighted by Gasteiger charge is -2.34. The van der Waals surface area contributed by atoms with Gasteiger partial charge in [-0.1, -0.05) is 11.8 Å². The van der Waals surface area contributed by atoms with Crippen LogP contribution in [0.2, 0.25) is 0 Å². The Kier molecular flexibility index (Phi) is 8.50. The molecular formula is C27H34BrN7O5S. The second-order valence-electron chi connectivity index (χ2n) is 11.2. The van der Waals surface area contributed by atoms with Crippen molar-refractivity contribution in [3.8, 4) is 11.5 Å². The molecule has 0 saturated carbocycles. The predicted octanol–water partition coefficient (Wildman–Crippen LogP) is 4.42. The molecule has 2 atom stereocenters. The highest BCUT2D eigenvalue weighted by atomic mass is 79.9. The molecule has 1 aromatic carbocycles. The first-order valence-corrected chi connectivity index (χ1v) is 15.1. The van der Waals surface area contributed by atoms with E-state index < -0.39 is 17.7 Å². The molecule has 0 spiro atoms. The molecule has 12 nitrogen and oxygen atoms in total. The Labute approximate surface area is 250 Å². The van der Waals surface area contributed by atoms with E-state index in [1.807, 2.05) is 21.6 Å². The average Bonchev–Trinajstić information content (AvgIpc) is 3.54. The monoisotopic (exact) mass is 647 g/mol. The number of piperidine rings is 1. The quantitative estimate of drug-likeness (QED) is 0.341. The summed E-state index contributed by atoms with van der Waals surface area (Å²) in [5.41, 5.74) is 0.717. The number of hydrogen-bond acceptors (Lipinski definition) is 9. The number of alkyl carbamates (subject to hydrolysis) is 1. The molecule has 220 valence electrons. The fourth-order valence-corrected chi connectivity index (χ4v) is 6.28. The SMILES string of the molecule is C[C@@H](NC(=O)OC(C)(C)C)C(=O)N1CCC[C@H](CCn2cnc(=N)c3[nH]c(Sc4cc5c(cc4Br)OCO5)nc32)C1. The van der Waals surface area contributed by atoms with Gasteiger partial charge in [0.1, 0.15) is 17.2 Å². The number of likely N-dealkylation sites (tertiary alicyclic amines) is 1. The third kappa shape index (κ3) is 6.97. The number of amides is 2. The van der Waals surface area contributed by atoms with E-state index in [2.05, 4.69) is 31.2 Å². The normalized spacial score (nSPS) is 17.5. The van der Waals surface area contributed by atoms with E-state index in [0.29, 0.717) is 47.5 Å². The van der Waals surface area contributed by atoms with Gasteiger partial charge in [-0.3, -0.25) is 10.2 Å². The third-order valence-corrected chi connectivity index (χ3v) is 8.71. The van der Waals surface area contributed by atoms with E-state index in [0.717, 1.165) is 28.6 Å². The second-order valence-corrected chi connectivity index (χ2v) is 13.1. The van der Waals surface area contributed by atoms with Gasteiger partial charge in [0.15, 0.2) is 27.8 Å². The number of benzene rings is 1. The fourth-order valence-electron chi connectivity index (χ4n) is 4.90. The first-order valence-electron chi connectivity index (χ1n) is 13.5. The Bertz CT molecular complexity index is 1520. The summed E-state index contributed by atoms with van der Waals surface area (Å²) < 4.78 is 19.0. The van der Waals surface area contributed by atoms with Crippen LogP contribution in [0.1, 0.15) is 47.0 Å². The maximum absolute atomic E-state index is 13.1. The first kappa shape index (κ1) is 29.2. The van der Waals surface area contributed by atoms with Gasteiger partial charge in [0.05, 0.1) is 6.33 Å². The zero-order chi connectivity index (χ0) is 29.3. The van der Waals surface area contributed by atoms with E-state index in [1.165, 1.54) is 11.8 Å². The van der Waals surface area contributed by atoms with Crippen LogP contribution in [0.3, 0.4) is 0 Å². The largest absolute Gasteiger partial charge is 0.454 e. The van der Waals surface area contributed by atoms with Crippen molar-refractivity contribution in [3.05, 3.63) is 28.4 Å². The summed E-state index contributed by atoms with van der Waals surface area (Å²) >= 11 is 5.01. The lowest BCUT2D eigenvalue weighted by Crippen LogP contribution is -2.50. The number of nitrogens with zero attached hydrogens (tertiary/aromatic N) is 4. The lowest BCUT2D eigenvalue weighted by molar-refractivity contribution is -0.134. The van der Waals surface area contributed by atoms with Crippen molar-refractivity contribution in [2.24, 2.45) is 5.92 Å². The van der Waals surface area contributed by atoms with Gasteiger partial charge < -0.3 is 34.0 Å². The van der Waals surface area contributed by atoms with Gasteiger partial charge in [-0.25, -0.2) is 14.8 Å². The van der Waals surface area contributed by atoms with Gasteiger partial charge in [0, 0.05) is 29.0 Å². The Morgan fingerprint density at radius 3 is 2.83 bits per heavy atom. The van der Waals surface area contributed by atoms with E-state index in [1.54, 1.807) is 34.0 Å². The Morgan fingerprint density at radius 2 is 2.07 bits per heavy atom. The van der Waals surface area contributed by atoms with Crippen LogP contribution in [0.15, 0.2) is 33.0 Å². The van der Waals surface area contributed by atoms with Crippen LogP contribution in [0, 0.1) is 11.3 Å². The standard InChI is InChI=1S/C27H34BrN7O5S/c1-15(31-26(37)40-27(2,3)4)24(36)34-8-5-6-16(12-34)7-9-35-13-30-22(29)21-23(35)33-25(32-21)41-20-11-19-18(10-17(20)28)38-14-39-19/h10-11,13,15-16,29H,5-9,12,14H2,1-4H3,(H,31,37)(H,32,33)/t15-,16-/m1/s1. The molecule has 3 aromatic rings. The van der Waals surface area contributed by atoms with Crippen LogP contribution in [-0.2, 0) is 16.1 Å². The third-order valence-electron chi connectivity index (χ3n) is 6.84. The minimum absolute atomic E-state index is 0.112. The molecule has 0 unspecified atom stereocenters. The molecule has 4 heterocycles. The Hall–Kier alpha value is -3.26. The number of halogens is 1. The van der Waals surface area contributed by atoms with Crippen LogP contribution in [0.4, 0.5) is 4.79 Å². The number of imidazole rings is 1. The van der Waals surface area contributed by atoms with Crippen LogP contribution in [0.25, 0.3) is 11.2 Å². The zero-order valence-corrected chi connectivity index (χ0v) is 25.9. The number of aromatic nitrogens is 4. The van der Waals surface area contributed by atoms with Crippen molar-refractivity contribution in [1.82, 2.24) is 29.7 Å². The van der Waals surface area contributed by atoms with Crippen molar-refractivity contribution in [2.45, 2.75) is 75.2 Å². The molecule has 0 aliphatic carbocycles. The predicted molar refractivity (Wildman–Crippen MR) is 155 cm³/mol. The minimum Gasteiger partial charge on any atom is -0.454 e. The summed E-state index contributed by atoms with van der Waals surface area (Å²) in [7, 11) is 0. The number of aromatic amines is 1. The number of ether oxygens (including phenoxy) is 3. The van der Waals surface area contributed by atoms with Crippen molar-refractivity contribution < 1.29 is 23.8 Å². The number of rotatable bonds is 7. The number of carbonyl (C=O) groups is 2. The number of nitrogens with one attached hydrogen (secondary N) is 3. The smallest absolute Gasteiger partial charge is 0.408 e. The van der Waals surface area contributed by atoms with E-state index in [-0.39, 0.29) is 24.1 Å². The van der Waals surface area contributed by atoms with Gasteiger partial charge in [-0.2, -0.15) is 0 Å². The molecule has 1 saturated heterocycles. The summed E-state index contributed by atoms with van der Waals surface area (Å²) in [6.45, 7) is 9.17. The van der Waals surface area contributed by atoms with Crippen LogP contribution in [-0.4, -0.2) is 67.9 Å². The molecule has 0 radical (unpaired) electrons. The van der Waals surface area contributed by atoms with Gasteiger partial charge in [0.25, 0.3) is 0 Å². The molecule has 3 N–H and O–H groups in total. The summed E-state index contributed by atoms with van der Waals surface area (Å²) in [5.74, 6) is 1.55. The van der Waals surface area contributed by atoms with Crippen molar-refractivity contribution in [2.75, 3.05) is 19.9 Å². The molecule has 1 fully saturated rings. The molecule has 2 amide bonds. The Balaban J connectivity index is 1.23. The second kappa shape index (κ2) is 11.9. The highest BCUT2D eigenvalue weighted by molar-refractivity contribution is 9.10. The molecule has 2 aliphatic rings. The summed E-state index contributed by atoms with van der Waals surface area (Å²) in [4.78, 5) is 40.2. The minimum atomic E-state index is -0.670. The molecular weight excluding hydrogens is 614 g/mol. The molecule has 5 rings (SSSR count). The Morgan fingerprint density at radius 1 is 1.32 bits per heavy atom. The van der Waals surface area contributed by atoms with Gasteiger partial charge in [-0.15, -0.1) is 0 Å².